The van der Waals surface area contributed by atoms with Crippen molar-refractivity contribution in [1.82, 2.24) is 14.9 Å². The van der Waals surface area contributed by atoms with Crippen LogP contribution in [-0.4, -0.2) is 44.5 Å². The van der Waals surface area contributed by atoms with Crippen molar-refractivity contribution in [3.63, 3.8) is 0 Å². The molecule has 3 atom stereocenters. The third kappa shape index (κ3) is 1.94. The van der Waals surface area contributed by atoms with Crippen molar-refractivity contribution in [1.29, 1.82) is 0 Å². The minimum Gasteiger partial charge on any atom is -0.348 e. The molecule has 1 amide bonds. The van der Waals surface area contributed by atoms with Gasteiger partial charge >= 0.3 is 0 Å². The topological polar surface area (TPSA) is 66.1 Å². The predicted molar refractivity (Wildman–Crippen MR) is 81.6 cm³/mol. The van der Waals surface area contributed by atoms with E-state index in [-0.39, 0.29) is 23.5 Å². The minimum absolute atomic E-state index is 0.0221. The Labute approximate surface area is 134 Å². The lowest BCUT2D eigenvalue weighted by atomic mass is 9.84. The first kappa shape index (κ1) is 14.2. The third-order valence-corrected chi connectivity index (χ3v) is 6.43. The first-order chi connectivity index (χ1) is 10.6. The molecule has 0 radical (unpaired) electrons. The Balaban J connectivity index is 1.45. The number of carbonyl (C=O) groups is 2. The Kier molecular flexibility index (Phi) is 3.29. The lowest BCUT2D eigenvalue weighted by molar-refractivity contribution is -0.142. The molecule has 1 N–H and O–H groups in total. The summed E-state index contributed by atoms with van der Waals surface area (Å²) in [6.07, 6.45) is 7.95. The number of fused-ring (bicyclic) bond motifs is 2. The molecule has 1 aromatic heterocycles. The fourth-order valence-corrected chi connectivity index (χ4v) is 4.94. The molecule has 3 aliphatic rings. The second kappa shape index (κ2) is 5.08. The number of alkyl halides is 1. The van der Waals surface area contributed by atoms with Crippen LogP contribution in [0.15, 0.2) is 12.5 Å². The lowest BCUT2D eigenvalue weighted by Crippen LogP contribution is -2.55. The summed E-state index contributed by atoms with van der Waals surface area (Å²) in [5.41, 5.74) is 1.13. The molecule has 6 heteroatoms. The van der Waals surface area contributed by atoms with Crippen molar-refractivity contribution in [3.05, 3.63) is 18.2 Å². The smallest absolute Gasteiger partial charge is 0.251 e. The fraction of sp³-hybridized carbons (Fsp3) is 0.688. The highest BCUT2D eigenvalue weighted by atomic mass is 35.5. The zero-order valence-corrected chi connectivity index (χ0v) is 13.2. The second-order valence-corrected chi connectivity index (χ2v) is 7.45. The number of nitrogens with one attached hydrogen (secondary N) is 1. The van der Waals surface area contributed by atoms with Gasteiger partial charge in [-0.1, -0.05) is 11.6 Å². The molecule has 2 bridgehead atoms. The molecule has 22 heavy (non-hydrogen) atoms. The summed E-state index contributed by atoms with van der Waals surface area (Å²) in [6, 6.07) is 0. The molecular weight excluding hydrogens is 302 g/mol. The number of rotatable bonds is 2. The summed E-state index contributed by atoms with van der Waals surface area (Å²) in [5.74, 6) is 0.313. The van der Waals surface area contributed by atoms with Crippen molar-refractivity contribution in [2.24, 2.45) is 11.8 Å². The molecule has 5 nitrogen and oxygen atoms in total. The van der Waals surface area contributed by atoms with E-state index in [1.807, 2.05) is 6.20 Å². The van der Waals surface area contributed by atoms with Crippen LogP contribution in [0.2, 0.25) is 0 Å². The average molecular weight is 322 g/mol. The zero-order valence-electron chi connectivity index (χ0n) is 12.4. The van der Waals surface area contributed by atoms with Gasteiger partial charge in [0.15, 0.2) is 10.7 Å². The third-order valence-electron chi connectivity index (χ3n) is 5.78. The number of aromatic nitrogens is 2. The summed E-state index contributed by atoms with van der Waals surface area (Å²) in [4.78, 5) is 33.1. The molecule has 0 spiro atoms. The Bertz CT molecular complexity index is 595. The van der Waals surface area contributed by atoms with E-state index in [1.54, 1.807) is 11.2 Å². The molecule has 2 saturated carbocycles. The first-order valence-corrected chi connectivity index (χ1v) is 8.49. The maximum absolute atomic E-state index is 12.9. The van der Waals surface area contributed by atoms with E-state index in [4.69, 9.17) is 11.6 Å². The van der Waals surface area contributed by atoms with E-state index >= 15 is 0 Å². The van der Waals surface area contributed by atoms with Gasteiger partial charge in [-0.15, -0.1) is 0 Å². The average Bonchev–Trinajstić information content (AvgIpc) is 3.27. The summed E-state index contributed by atoms with van der Waals surface area (Å²) in [5, 5.41) is 0. The van der Waals surface area contributed by atoms with Crippen LogP contribution in [0.5, 0.6) is 0 Å². The summed E-state index contributed by atoms with van der Waals surface area (Å²) in [7, 11) is 0. The van der Waals surface area contributed by atoms with Gasteiger partial charge in [0.1, 0.15) is 0 Å². The van der Waals surface area contributed by atoms with Crippen molar-refractivity contribution < 1.29 is 9.59 Å². The van der Waals surface area contributed by atoms with E-state index in [2.05, 4.69) is 9.97 Å². The summed E-state index contributed by atoms with van der Waals surface area (Å²) >= 11 is 6.58. The van der Waals surface area contributed by atoms with Crippen molar-refractivity contribution in [2.75, 3.05) is 13.1 Å². The lowest BCUT2D eigenvalue weighted by Gasteiger charge is -2.38. The number of imidazole rings is 1. The largest absolute Gasteiger partial charge is 0.348 e. The second-order valence-electron chi connectivity index (χ2n) is 6.86. The van der Waals surface area contributed by atoms with E-state index in [0.29, 0.717) is 19.0 Å². The van der Waals surface area contributed by atoms with Gasteiger partial charge in [-0.3, -0.25) is 9.59 Å². The number of hydrogen-bond donors (Lipinski definition) is 1. The van der Waals surface area contributed by atoms with Crippen LogP contribution in [-0.2, 0) is 9.59 Å². The highest BCUT2D eigenvalue weighted by molar-refractivity contribution is 6.47. The van der Waals surface area contributed by atoms with Crippen molar-refractivity contribution in [3.8, 4) is 0 Å². The van der Waals surface area contributed by atoms with Gasteiger partial charge in [0.2, 0.25) is 0 Å². The fourth-order valence-electron chi connectivity index (χ4n) is 4.47. The highest BCUT2D eigenvalue weighted by Gasteiger charge is 2.62. The maximum atomic E-state index is 12.9. The molecule has 2 heterocycles. The van der Waals surface area contributed by atoms with Crippen molar-refractivity contribution in [2.45, 2.75) is 42.9 Å². The van der Waals surface area contributed by atoms with Crippen LogP contribution in [0.4, 0.5) is 0 Å². The van der Waals surface area contributed by atoms with Gasteiger partial charge in [-0.2, -0.15) is 0 Å². The van der Waals surface area contributed by atoms with Gasteiger partial charge < -0.3 is 9.88 Å². The first-order valence-electron chi connectivity index (χ1n) is 8.11. The van der Waals surface area contributed by atoms with Gasteiger partial charge in [0, 0.05) is 36.8 Å². The van der Waals surface area contributed by atoms with Crippen LogP contribution < -0.4 is 0 Å². The van der Waals surface area contributed by atoms with Gasteiger partial charge in [0.05, 0.1) is 6.33 Å². The molecule has 2 aliphatic carbocycles. The number of ketones is 1. The number of nitrogens with zero attached hydrogens (tertiary/aromatic N) is 2. The van der Waals surface area contributed by atoms with E-state index in [0.717, 1.165) is 37.8 Å². The number of halogens is 1. The molecule has 1 saturated heterocycles. The standard InChI is InChI=1S/C16H20ClN3O2/c17-16(12-2-1-11(7-12)14(16)21)15(22)20-5-3-10(4-6-20)13-8-18-9-19-13/h8-12H,1-7H2,(H,18,19). The summed E-state index contributed by atoms with van der Waals surface area (Å²) < 4.78 is 0. The van der Waals surface area contributed by atoms with Gasteiger partial charge in [-0.25, -0.2) is 4.98 Å². The monoisotopic (exact) mass is 321 g/mol. The molecule has 1 aromatic rings. The van der Waals surface area contributed by atoms with E-state index in [1.165, 1.54) is 0 Å². The normalized spacial score (nSPS) is 35.3. The summed E-state index contributed by atoms with van der Waals surface area (Å²) in [6.45, 7) is 1.34. The quantitative estimate of drug-likeness (QED) is 0.670. The SMILES string of the molecule is O=C1C2CCC(C2)C1(Cl)C(=O)N1CCC(c2cnc[nH]2)CC1. The van der Waals surface area contributed by atoms with Crippen molar-refractivity contribution >= 4 is 23.3 Å². The number of hydrogen-bond acceptors (Lipinski definition) is 3. The zero-order chi connectivity index (χ0) is 15.3. The molecule has 0 aromatic carbocycles. The molecular formula is C16H20ClN3O2. The van der Waals surface area contributed by atoms with E-state index < -0.39 is 4.87 Å². The molecule has 118 valence electrons. The van der Waals surface area contributed by atoms with Crippen LogP contribution in [0.3, 0.4) is 0 Å². The number of Topliss-reactive ketones (excluding diaryl/α,β-unsaturated/α-hetero) is 1. The Hall–Kier alpha value is -1.36. The van der Waals surface area contributed by atoms with Gasteiger partial charge in [-0.05, 0) is 38.0 Å². The van der Waals surface area contributed by atoms with Gasteiger partial charge in [0.25, 0.3) is 5.91 Å². The molecule has 3 unspecified atom stereocenters. The number of carbonyl (C=O) groups excluding carboxylic acids is 2. The van der Waals surface area contributed by atoms with Crippen LogP contribution in [0.1, 0.15) is 43.7 Å². The predicted octanol–water partition coefficient (Wildman–Crippen LogP) is 2.09. The Morgan fingerprint density at radius 3 is 2.64 bits per heavy atom. The number of likely N-dealkylation sites (tertiary alicyclic amines) is 1. The minimum atomic E-state index is -1.26. The number of H-pyrrole nitrogens is 1. The molecule has 4 rings (SSSR count). The van der Waals surface area contributed by atoms with Crippen LogP contribution >= 0.6 is 11.6 Å². The molecule has 3 fully saturated rings. The number of piperidine rings is 1. The Morgan fingerprint density at radius 1 is 1.27 bits per heavy atom. The Morgan fingerprint density at radius 2 is 2.05 bits per heavy atom. The highest BCUT2D eigenvalue weighted by Crippen LogP contribution is 2.52. The number of aromatic amines is 1. The van der Waals surface area contributed by atoms with E-state index in [9.17, 15) is 9.59 Å². The number of amides is 1. The van der Waals surface area contributed by atoms with Crippen LogP contribution in [0, 0.1) is 11.8 Å². The maximum Gasteiger partial charge on any atom is 0.251 e. The van der Waals surface area contributed by atoms with Crippen LogP contribution in [0.25, 0.3) is 0 Å². The molecule has 1 aliphatic heterocycles.